The number of H-pyrrole nitrogens is 1. The number of rotatable bonds is 7. The summed E-state index contributed by atoms with van der Waals surface area (Å²) in [6.07, 6.45) is 4.43. The fourth-order valence-electron chi connectivity index (χ4n) is 1.80. The first-order chi connectivity index (χ1) is 10.2. The van der Waals surface area contributed by atoms with Crippen LogP contribution in [0.4, 0.5) is 0 Å². The maximum absolute atomic E-state index is 5.60. The van der Waals surface area contributed by atoms with Gasteiger partial charge in [0.25, 0.3) is 0 Å². The molecule has 0 aliphatic carbocycles. The lowest BCUT2D eigenvalue weighted by Gasteiger charge is -2.08. The quantitative estimate of drug-likeness (QED) is 0.793. The van der Waals surface area contributed by atoms with Gasteiger partial charge in [0.1, 0.15) is 22.8 Å². The molecule has 0 unspecified atom stereocenters. The van der Waals surface area contributed by atoms with Crippen molar-refractivity contribution in [2.75, 3.05) is 13.2 Å². The van der Waals surface area contributed by atoms with Crippen LogP contribution >= 0.6 is 12.2 Å². The van der Waals surface area contributed by atoms with Gasteiger partial charge in [-0.2, -0.15) is 0 Å². The Balaban J connectivity index is 2.28. The highest BCUT2D eigenvalue weighted by atomic mass is 32.1. The van der Waals surface area contributed by atoms with E-state index >= 15 is 0 Å². The van der Waals surface area contributed by atoms with E-state index < -0.39 is 0 Å². The lowest BCUT2D eigenvalue weighted by Crippen LogP contribution is -2.01. The van der Waals surface area contributed by atoms with Gasteiger partial charge in [0.05, 0.1) is 18.5 Å². The molecule has 112 valence electrons. The van der Waals surface area contributed by atoms with Crippen molar-refractivity contribution < 1.29 is 9.47 Å². The van der Waals surface area contributed by atoms with Crippen LogP contribution in [0.25, 0.3) is 11.3 Å². The average Bonchev–Trinajstić information content (AvgIpc) is 2.50. The summed E-state index contributed by atoms with van der Waals surface area (Å²) < 4.78 is 11.5. The van der Waals surface area contributed by atoms with Crippen molar-refractivity contribution >= 4 is 12.2 Å². The van der Waals surface area contributed by atoms with E-state index in [9.17, 15) is 0 Å². The summed E-state index contributed by atoms with van der Waals surface area (Å²) in [6.45, 7) is 5.73. The molecule has 5 nitrogen and oxygen atoms in total. The van der Waals surface area contributed by atoms with E-state index in [2.05, 4.69) is 21.9 Å². The third kappa shape index (κ3) is 4.61. The van der Waals surface area contributed by atoms with Crippen molar-refractivity contribution in [2.45, 2.75) is 26.9 Å². The third-order valence-electron chi connectivity index (χ3n) is 2.73. The molecule has 0 fully saturated rings. The van der Waals surface area contributed by atoms with Gasteiger partial charge in [-0.25, -0.2) is 4.98 Å². The molecule has 0 aliphatic rings. The van der Waals surface area contributed by atoms with Crippen LogP contribution in [0, 0.1) is 4.64 Å². The first-order valence-corrected chi connectivity index (χ1v) is 7.40. The Labute approximate surface area is 129 Å². The van der Waals surface area contributed by atoms with E-state index in [4.69, 9.17) is 21.7 Å². The summed E-state index contributed by atoms with van der Waals surface area (Å²) in [5, 5.41) is 0. The van der Waals surface area contributed by atoms with Gasteiger partial charge in [-0.05, 0) is 25.5 Å². The van der Waals surface area contributed by atoms with Gasteiger partial charge in [-0.1, -0.05) is 19.1 Å². The van der Waals surface area contributed by atoms with E-state index in [1.165, 1.54) is 0 Å². The van der Waals surface area contributed by atoms with Crippen LogP contribution in [0.5, 0.6) is 5.75 Å². The number of nitrogens with one attached hydrogen (secondary N) is 1. The molecule has 2 aromatic heterocycles. The third-order valence-corrected chi connectivity index (χ3v) is 2.94. The molecule has 21 heavy (non-hydrogen) atoms. The van der Waals surface area contributed by atoms with E-state index in [0.29, 0.717) is 30.3 Å². The maximum atomic E-state index is 5.60. The molecule has 0 atom stereocenters. The Morgan fingerprint density at radius 2 is 2.10 bits per heavy atom. The molecule has 2 heterocycles. The molecule has 0 radical (unpaired) electrons. The fraction of sp³-hybridized carbons (Fsp3) is 0.400. The molecule has 2 rings (SSSR count). The molecule has 0 aromatic carbocycles. The Hall–Kier alpha value is -1.79. The minimum Gasteiger partial charge on any atom is -0.492 e. The highest BCUT2D eigenvalue weighted by Gasteiger charge is 2.04. The van der Waals surface area contributed by atoms with Gasteiger partial charge in [-0.3, -0.25) is 4.98 Å². The molecule has 0 aliphatic heterocycles. The zero-order valence-electron chi connectivity index (χ0n) is 12.3. The van der Waals surface area contributed by atoms with Crippen molar-refractivity contribution in [2.24, 2.45) is 0 Å². The predicted molar refractivity (Wildman–Crippen MR) is 83.8 cm³/mol. The lowest BCUT2D eigenvalue weighted by atomic mass is 10.2. The zero-order valence-corrected chi connectivity index (χ0v) is 13.1. The van der Waals surface area contributed by atoms with Crippen molar-refractivity contribution in [3.8, 4) is 17.0 Å². The van der Waals surface area contributed by atoms with Crippen LogP contribution in [0.15, 0.2) is 24.5 Å². The number of ether oxygens (including phenoxy) is 2. The summed E-state index contributed by atoms with van der Waals surface area (Å²) in [6, 6.07) is 3.75. The SMILES string of the molecule is CCCOc1cncc(-c2cc(=S)nc(COCC)[nH]2)c1. The summed E-state index contributed by atoms with van der Waals surface area (Å²) >= 11 is 5.20. The Morgan fingerprint density at radius 1 is 1.24 bits per heavy atom. The van der Waals surface area contributed by atoms with Crippen LogP contribution in [0.3, 0.4) is 0 Å². The predicted octanol–water partition coefficient (Wildman–Crippen LogP) is 3.53. The molecule has 2 aromatic rings. The highest BCUT2D eigenvalue weighted by molar-refractivity contribution is 7.71. The second-order valence-corrected chi connectivity index (χ2v) is 4.89. The monoisotopic (exact) mass is 305 g/mol. The average molecular weight is 305 g/mol. The number of aromatic nitrogens is 3. The number of pyridine rings is 1. The van der Waals surface area contributed by atoms with Crippen molar-refractivity contribution in [3.63, 3.8) is 0 Å². The second-order valence-electron chi connectivity index (χ2n) is 4.47. The Kier molecular flexibility index (Phi) is 5.83. The maximum Gasteiger partial charge on any atom is 0.138 e. The number of hydrogen-bond acceptors (Lipinski definition) is 5. The van der Waals surface area contributed by atoms with Crippen LogP contribution in [0.2, 0.25) is 0 Å². The van der Waals surface area contributed by atoms with Gasteiger partial charge in [-0.15, -0.1) is 0 Å². The molecule has 0 spiro atoms. The van der Waals surface area contributed by atoms with Crippen molar-refractivity contribution in [1.82, 2.24) is 15.0 Å². The number of nitrogens with zero attached hydrogens (tertiary/aromatic N) is 2. The van der Waals surface area contributed by atoms with E-state index in [1.54, 1.807) is 12.4 Å². The molecular formula is C15H19N3O2S. The second kappa shape index (κ2) is 7.85. The lowest BCUT2D eigenvalue weighted by molar-refractivity contribution is 0.128. The van der Waals surface area contributed by atoms with E-state index in [0.717, 1.165) is 23.4 Å². The fourth-order valence-corrected chi connectivity index (χ4v) is 2.02. The molecule has 0 bridgehead atoms. The first-order valence-electron chi connectivity index (χ1n) is 6.99. The van der Waals surface area contributed by atoms with Gasteiger partial charge in [0, 0.05) is 18.4 Å². The first kappa shape index (κ1) is 15.6. The molecule has 0 saturated carbocycles. The van der Waals surface area contributed by atoms with Crippen molar-refractivity contribution in [3.05, 3.63) is 35.0 Å². The normalized spacial score (nSPS) is 10.6. The summed E-state index contributed by atoms with van der Waals surface area (Å²) in [4.78, 5) is 11.7. The number of hydrogen-bond donors (Lipinski definition) is 1. The van der Waals surface area contributed by atoms with Crippen molar-refractivity contribution in [1.29, 1.82) is 0 Å². The zero-order chi connectivity index (χ0) is 15.1. The Morgan fingerprint density at radius 3 is 2.86 bits per heavy atom. The minimum atomic E-state index is 0.410. The summed E-state index contributed by atoms with van der Waals surface area (Å²) in [5.74, 6) is 1.45. The standard InChI is InChI=1S/C15H19N3O2S/c1-3-5-20-12-6-11(8-16-9-12)13-7-15(21)18-14(17-13)10-19-4-2/h6-9H,3-5,10H2,1-2H3,(H,17,18,21). The number of aromatic amines is 1. The van der Waals surface area contributed by atoms with E-state index in [-0.39, 0.29) is 0 Å². The topological polar surface area (TPSA) is 60.0 Å². The molecular weight excluding hydrogens is 286 g/mol. The smallest absolute Gasteiger partial charge is 0.138 e. The highest BCUT2D eigenvalue weighted by Crippen LogP contribution is 2.21. The minimum absolute atomic E-state index is 0.410. The van der Waals surface area contributed by atoms with Gasteiger partial charge >= 0.3 is 0 Å². The van der Waals surface area contributed by atoms with Crippen LogP contribution < -0.4 is 4.74 Å². The molecule has 1 N–H and O–H groups in total. The molecule has 0 amide bonds. The van der Waals surface area contributed by atoms with Gasteiger partial charge in [0.15, 0.2) is 0 Å². The van der Waals surface area contributed by atoms with E-state index in [1.807, 2.05) is 19.1 Å². The molecule has 0 saturated heterocycles. The van der Waals surface area contributed by atoms with Gasteiger partial charge < -0.3 is 14.5 Å². The van der Waals surface area contributed by atoms with Crippen LogP contribution in [0.1, 0.15) is 26.1 Å². The van der Waals surface area contributed by atoms with Gasteiger partial charge in [0.2, 0.25) is 0 Å². The van der Waals surface area contributed by atoms with Crippen LogP contribution in [-0.2, 0) is 11.3 Å². The Bertz CT molecular complexity index is 643. The largest absolute Gasteiger partial charge is 0.492 e. The molecule has 6 heteroatoms. The summed E-state index contributed by atoms with van der Waals surface area (Å²) in [5.41, 5.74) is 1.77. The van der Waals surface area contributed by atoms with Crippen LogP contribution in [-0.4, -0.2) is 28.2 Å². The summed E-state index contributed by atoms with van der Waals surface area (Å²) in [7, 11) is 0.